The second kappa shape index (κ2) is 5.66. The summed E-state index contributed by atoms with van der Waals surface area (Å²) in [6, 6.07) is 16.8. The number of alkyl halides is 1. The standard InChI is InChI=1S/C16H13IOS2/c1-18-12-7-8-13-14(9-12)16(10-17,20-15(13)19)11-5-3-2-4-6-11/h2-9H,10H2,1H3. The van der Waals surface area contributed by atoms with Crippen molar-refractivity contribution in [2.45, 2.75) is 4.75 Å². The van der Waals surface area contributed by atoms with E-state index < -0.39 is 0 Å². The lowest BCUT2D eigenvalue weighted by atomic mass is 9.89. The van der Waals surface area contributed by atoms with E-state index in [4.69, 9.17) is 17.0 Å². The van der Waals surface area contributed by atoms with Gasteiger partial charge in [0.15, 0.2) is 0 Å². The van der Waals surface area contributed by atoms with Gasteiger partial charge >= 0.3 is 0 Å². The van der Waals surface area contributed by atoms with Gasteiger partial charge in [-0.15, -0.1) is 0 Å². The Hall–Kier alpha value is -0.590. The van der Waals surface area contributed by atoms with Gasteiger partial charge in [0.25, 0.3) is 0 Å². The fourth-order valence-electron chi connectivity index (χ4n) is 2.53. The van der Waals surface area contributed by atoms with Crippen LogP contribution in [0.15, 0.2) is 48.5 Å². The Labute approximate surface area is 142 Å². The minimum absolute atomic E-state index is 0.0945. The van der Waals surface area contributed by atoms with Gasteiger partial charge in [0, 0.05) is 9.99 Å². The van der Waals surface area contributed by atoms with Crippen molar-refractivity contribution in [3.05, 3.63) is 65.2 Å². The number of hydrogen-bond acceptors (Lipinski definition) is 3. The van der Waals surface area contributed by atoms with Crippen molar-refractivity contribution in [2.24, 2.45) is 0 Å². The molecule has 0 saturated heterocycles. The summed E-state index contributed by atoms with van der Waals surface area (Å²) in [4.78, 5) is 0. The van der Waals surface area contributed by atoms with Crippen LogP contribution in [0.3, 0.4) is 0 Å². The van der Waals surface area contributed by atoms with Crippen molar-refractivity contribution in [1.29, 1.82) is 0 Å². The highest BCUT2D eigenvalue weighted by Gasteiger charge is 2.43. The minimum atomic E-state index is -0.0945. The van der Waals surface area contributed by atoms with E-state index in [1.54, 1.807) is 18.9 Å². The molecule has 2 aromatic carbocycles. The summed E-state index contributed by atoms with van der Waals surface area (Å²) in [6.45, 7) is 0. The molecule has 3 rings (SSSR count). The third-order valence-electron chi connectivity index (χ3n) is 3.58. The Morgan fingerprint density at radius 2 is 1.95 bits per heavy atom. The van der Waals surface area contributed by atoms with E-state index in [9.17, 15) is 0 Å². The van der Waals surface area contributed by atoms with Crippen molar-refractivity contribution >= 4 is 50.8 Å². The van der Waals surface area contributed by atoms with Crippen LogP contribution in [0.25, 0.3) is 0 Å². The first-order chi connectivity index (χ1) is 9.71. The second-order valence-corrected chi connectivity index (χ2v) is 7.37. The zero-order valence-corrected chi connectivity index (χ0v) is 14.7. The molecular weight excluding hydrogens is 399 g/mol. The van der Waals surface area contributed by atoms with Crippen LogP contribution in [0, 0.1) is 0 Å². The van der Waals surface area contributed by atoms with Crippen LogP contribution in [0.4, 0.5) is 0 Å². The smallest absolute Gasteiger partial charge is 0.119 e. The number of rotatable bonds is 3. The van der Waals surface area contributed by atoms with Crippen molar-refractivity contribution in [3.63, 3.8) is 0 Å². The van der Waals surface area contributed by atoms with Gasteiger partial charge in [-0.05, 0) is 29.3 Å². The van der Waals surface area contributed by atoms with Crippen molar-refractivity contribution in [2.75, 3.05) is 11.5 Å². The van der Waals surface area contributed by atoms with E-state index in [0.29, 0.717) is 0 Å². The van der Waals surface area contributed by atoms with E-state index >= 15 is 0 Å². The molecule has 0 bridgehead atoms. The maximum atomic E-state index is 5.59. The van der Waals surface area contributed by atoms with Gasteiger partial charge in [0.05, 0.1) is 16.1 Å². The summed E-state index contributed by atoms with van der Waals surface area (Å²) in [5, 5.41) is 0. The van der Waals surface area contributed by atoms with Crippen LogP contribution in [-0.4, -0.2) is 15.7 Å². The second-order valence-electron chi connectivity index (χ2n) is 4.63. The monoisotopic (exact) mass is 412 g/mol. The average molecular weight is 412 g/mol. The molecule has 0 aromatic heterocycles. The molecule has 0 N–H and O–H groups in total. The number of thioether (sulfide) groups is 1. The molecule has 1 aliphatic rings. The molecule has 102 valence electrons. The molecule has 1 unspecified atom stereocenters. The van der Waals surface area contributed by atoms with Gasteiger partial charge in [-0.3, -0.25) is 0 Å². The third kappa shape index (κ3) is 2.18. The zero-order valence-electron chi connectivity index (χ0n) is 10.9. The summed E-state index contributed by atoms with van der Waals surface area (Å²) in [6.07, 6.45) is 0. The van der Waals surface area contributed by atoms with Gasteiger partial charge in [-0.1, -0.05) is 76.9 Å². The fourth-order valence-corrected chi connectivity index (χ4v) is 5.64. The first kappa shape index (κ1) is 14.4. The highest BCUT2D eigenvalue weighted by Crippen LogP contribution is 2.53. The quantitative estimate of drug-likeness (QED) is 0.408. The Morgan fingerprint density at radius 3 is 2.60 bits per heavy atom. The number of fused-ring (bicyclic) bond motifs is 1. The largest absolute Gasteiger partial charge is 0.497 e. The van der Waals surface area contributed by atoms with Crippen LogP contribution in [-0.2, 0) is 4.75 Å². The molecule has 0 radical (unpaired) electrons. The van der Waals surface area contributed by atoms with Crippen LogP contribution >= 0.6 is 46.6 Å². The predicted octanol–water partition coefficient (Wildman–Crippen LogP) is 4.80. The first-order valence-corrected chi connectivity index (χ1v) is 8.99. The topological polar surface area (TPSA) is 9.23 Å². The van der Waals surface area contributed by atoms with E-state index in [0.717, 1.165) is 14.4 Å². The normalized spacial score (nSPS) is 20.8. The van der Waals surface area contributed by atoms with Gasteiger partial charge in [0.1, 0.15) is 5.75 Å². The number of methoxy groups -OCH3 is 1. The van der Waals surface area contributed by atoms with Crippen molar-refractivity contribution < 1.29 is 4.74 Å². The fraction of sp³-hybridized carbons (Fsp3) is 0.188. The molecule has 0 spiro atoms. The molecule has 2 aromatic rings. The first-order valence-electron chi connectivity index (χ1n) is 6.24. The molecule has 4 heteroatoms. The SMILES string of the molecule is COc1ccc2c(c1)C(CI)(c1ccccc1)SC2=S. The van der Waals surface area contributed by atoms with Gasteiger partial charge < -0.3 is 4.74 Å². The number of halogens is 1. The maximum absolute atomic E-state index is 5.59. The maximum Gasteiger partial charge on any atom is 0.119 e. The predicted molar refractivity (Wildman–Crippen MR) is 98.4 cm³/mol. The van der Waals surface area contributed by atoms with E-state index in [1.165, 1.54) is 16.7 Å². The molecule has 1 nitrogen and oxygen atoms in total. The summed E-state index contributed by atoms with van der Waals surface area (Å²) in [5.74, 6) is 0.888. The summed E-state index contributed by atoms with van der Waals surface area (Å²) < 4.78 is 7.25. The van der Waals surface area contributed by atoms with Crippen LogP contribution in [0.2, 0.25) is 0 Å². The summed E-state index contributed by atoms with van der Waals surface area (Å²) in [7, 11) is 1.70. The van der Waals surface area contributed by atoms with Crippen LogP contribution < -0.4 is 4.74 Å². The Kier molecular flexibility index (Phi) is 4.06. The van der Waals surface area contributed by atoms with Crippen LogP contribution in [0.5, 0.6) is 5.75 Å². The van der Waals surface area contributed by atoms with Crippen molar-refractivity contribution in [1.82, 2.24) is 0 Å². The lowest BCUT2D eigenvalue weighted by Gasteiger charge is -2.27. The molecule has 1 aliphatic heterocycles. The average Bonchev–Trinajstić information content (AvgIpc) is 2.81. The summed E-state index contributed by atoms with van der Waals surface area (Å²) in [5.41, 5.74) is 3.74. The zero-order chi connectivity index (χ0) is 14.2. The Bertz CT molecular complexity index is 657. The Balaban J connectivity index is 2.23. The number of benzene rings is 2. The lowest BCUT2D eigenvalue weighted by Crippen LogP contribution is -2.23. The highest BCUT2D eigenvalue weighted by atomic mass is 127. The van der Waals surface area contributed by atoms with Crippen molar-refractivity contribution in [3.8, 4) is 5.75 Å². The molecule has 0 aliphatic carbocycles. The van der Waals surface area contributed by atoms with Crippen LogP contribution in [0.1, 0.15) is 16.7 Å². The molecule has 0 fully saturated rings. The third-order valence-corrected chi connectivity index (χ3v) is 7.06. The molecule has 0 saturated carbocycles. The number of hydrogen-bond donors (Lipinski definition) is 0. The van der Waals surface area contributed by atoms with E-state index in [2.05, 4.69) is 65.1 Å². The molecule has 1 heterocycles. The molecular formula is C16H13IOS2. The Morgan fingerprint density at radius 1 is 1.20 bits per heavy atom. The minimum Gasteiger partial charge on any atom is -0.497 e. The molecule has 20 heavy (non-hydrogen) atoms. The van der Waals surface area contributed by atoms with E-state index in [-0.39, 0.29) is 4.75 Å². The number of thiocarbonyl (C=S) groups is 1. The molecule has 0 amide bonds. The summed E-state index contributed by atoms with van der Waals surface area (Å²) >= 11 is 9.83. The lowest BCUT2D eigenvalue weighted by molar-refractivity contribution is 0.414. The highest BCUT2D eigenvalue weighted by molar-refractivity contribution is 14.1. The molecule has 1 atom stereocenters. The number of ether oxygens (including phenoxy) is 1. The van der Waals surface area contributed by atoms with E-state index in [1.807, 2.05) is 6.07 Å². The van der Waals surface area contributed by atoms with Gasteiger partial charge in [-0.25, -0.2) is 0 Å². The van der Waals surface area contributed by atoms with Gasteiger partial charge in [-0.2, -0.15) is 0 Å². The van der Waals surface area contributed by atoms with Gasteiger partial charge in [0.2, 0.25) is 0 Å².